The summed E-state index contributed by atoms with van der Waals surface area (Å²) in [7, 11) is 1.19. The summed E-state index contributed by atoms with van der Waals surface area (Å²) in [6.45, 7) is 0. The Morgan fingerprint density at radius 3 is 2.65 bits per heavy atom. The number of carbonyl (C=O) groups excluding carboxylic acids is 2. The van der Waals surface area contributed by atoms with E-state index in [0.29, 0.717) is 5.69 Å². The lowest BCUT2D eigenvalue weighted by Gasteiger charge is -2.06. The van der Waals surface area contributed by atoms with Crippen LogP contribution < -0.4 is 5.32 Å². The van der Waals surface area contributed by atoms with Gasteiger partial charge in [0.1, 0.15) is 5.82 Å². The topological polar surface area (TPSA) is 55.4 Å². The van der Waals surface area contributed by atoms with Crippen molar-refractivity contribution >= 4 is 17.6 Å². The van der Waals surface area contributed by atoms with E-state index in [-0.39, 0.29) is 17.4 Å². The first-order valence-electron chi connectivity index (χ1n) is 5.30. The molecule has 0 radical (unpaired) electrons. The molecule has 0 bridgehead atoms. The van der Waals surface area contributed by atoms with E-state index in [0.717, 1.165) is 18.9 Å². The lowest BCUT2D eigenvalue weighted by molar-refractivity contribution is -0.117. The first-order valence-corrected chi connectivity index (χ1v) is 5.30. The Kier molecular flexibility index (Phi) is 3.08. The van der Waals surface area contributed by atoms with E-state index in [1.165, 1.54) is 19.2 Å². The Hall–Kier alpha value is -1.91. The fraction of sp³-hybridized carbons (Fsp3) is 0.333. The maximum atomic E-state index is 13.5. The summed E-state index contributed by atoms with van der Waals surface area (Å²) >= 11 is 0. The van der Waals surface area contributed by atoms with Crippen LogP contribution in [0, 0.1) is 11.7 Å². The van der Waals surface area contributed by atoms with E-state index in [1.807, 2.05) is 0 Å². The third-order valence-electron chi connectivity index (χ3n) is 2.59. The first kappa shape index (κ1) is 11.6. The highest BCUT2D eigenvalue weighted by atomic mass is 19.1. The molecular weight excluding hydrogens is 225 g/mol. The standard InChI is InChI=1S/C12H12FNO3/c1-17-12(16)9-5-4-8(6-10(9)13)14-11(15)7-2-3-7/h4-7H,2-3H2,1H3,(H,14,15). The molecule has 1 aromatic rings. The first-order chi connectivity index (χ1) is 8.11. The number of halogens is 1. The molecule has 5 heteroatoms. The number of hydrogen-bond acceptors (Lipinski definition) is 3. The summed E-state index contributed by atoms with van der Waals surface area (Å²) in [5.74, 6) is -1.48. The Morgan fingerprint density at radius 1 is 1.41 bits per heavy atom. The molecule has 1 saturated carbocycles. The van der Waals surface area contributed by atoms with Crippen molar-refractivity contribution in [2.24, 2.45) is 5.92 Å². The molecule has 1 N–H and O–H groups in total. The smallest absolute Gasteiger partial charge is 0.340 e. The molecule has 0 unspecified atom stereocenters. The van der Waals surface area contributed by atoms with Crippen molar-refractivity contribution in [2.45, 2.75) is 12.8 Å². The maximum absolute atomic E-state index is 13.5. The van der Waals surface area contributed by atoms with Crippen LogP contribution in [0.4, 0.5) is 10.1 Å². The zero-order valence-electron chi connectivity index (χ0n) is 9.33. The molecule has 1 aromatic carbocycles. The van der Waals surface area contributed by atoms with Gasteiger partial charge in [0.15, 0.2) is 0 Å². The minimum absolute atomic E-state index is 0.0540. The van der Waals surface area contributed by atoms with Gasteiger partial charge in [0.05, 0.1) is 12.7 Å². The number of carbonyl (C=O) groups is 2. The van der Waals surface area contributed by atoms with Gasteiger partial charge in [0, 0.05) is 11.6 Å². The normalized spacial score (nSPS) is 14.2. The quantitative estimate of drug-likeness (QED) is 0.817. The average Bonchev–Trinajstić information content (AvgIpc) is 3.12. The largest absolute Gasteiger partial charge is 0.465 e. The van der Waals surface area contributed by atoms with E-state index in [2.05, 4.69) is 10.1 Å². The van der Waals surface area contributed by atoms with E-state index < -0.39 is 11.8 Å². The summed E-state index contributed by atoms with van der Waals surface area (Å²) in [5.41, 5.74) is 0.212. The van der Waals surface area contributed by atoms with Crippen LogP contribution in [0.1, 0.15) is 23.2 Å². The Morgan fingerprint density at radius 2 is 2.12 bits per heavy atom. The second-order valence-electron chi connectivity index (χ2n) is 3.95. The maximum Gasteiger partial charge on any atom is 0.340 e. The molecule has 90 valence electrons. The van der Waals surface area contributed by atoms with Gasteiger partial charge in [-0.15, -0.1) is 0 Å². The van der Waals surface area contributed by atoms with Gasteiger partial charge in [-0.25, -0.2) is 9.18 Å². The average molecular weight is 237 g/mol. The number of amides is 1. The van der Waals surface area contributed by atoms with Gasteiger partial charge in [0.2, 0.25) is 5.91 Å². The Labute approximate surface area is 97.8 Å². The Balaban J connectivity index is 2.12. The van der Waals surface area contributed by atoms with Gasteiger partial charge < -0.3 is 10.1 Å². The molecular formula is C12H12FNO3. The van der Waals surface area contributed by atoms with Crippen LogP contribution in [0.5, 0.6) is 0 Å². The number of nitrogens with one attached hydrogen (secondary N) is 1. The third kappa shape index (κ3) is 2.61. The van der Waals surface area contributed by atoms with Crippen molar-refractivity contribution in [3.8, 4) is 0 Å². The number of methoxy groups -OCH3 is 1. The van der Waals surface area contributed by atoms with Crippen LogP contribution in [-0.2, 0) is 9.53 Å². The van der Waals surface area contributed by atoms with Crippen molar-refractivity contribution in [3.63, 3.8) is 0 Å². The van der Waals surface area contributed by atoms with Crippen LogP contribution in [0.2, 0.25) is 0 Å². The van der Waals surface area contributed by atoms with Gasteiger partial charge in [0.25, 0.3) is 0 Å². The second kappa shape index (κ2) is 4.53. The van der Waals surface area contributed by atoms with Gasteiger partial charge in [-0.2, -0.15) is 0 Å². The molecule has 4 nitrogen and oxygen atoms in total. The van der Waals surface area contributed by atoms with Crippen LogP contribution in [0.15, 0.2) is 18.2 Å². The SMILES string of the molecule is COC(=O)c1ccc(NC(=O)C2CC2)cc1F. The van der Waals surface area contributed by atoms with Crippen LogP contribution in [0.3, 0.4) is 0 Å². The van der Waals surface area contributed by atoms with Crippen LogP contribution >= 0.6 is 0 Å². The van der Waals surface area contributed by atoms with Gasteiger partial charge >= 0.3 is 5.97 Å². The second-order valence-corrected chi connectivity index (χ2v) is 3.95. The zero-order chi connectivity index (χ0) is 12.4. The van der Waals surface area contributed by atoms with Crippen molar-refractivity contribution in [3.05, 3.63) is 29.6 Å². The molecule has 0 spiro atoms. The van der Waals surface area contributed by atoms with Crippen molar-refractivity contribution in [1.29, 1.82) is 0 Å². The van der Waals surface area contributed by atoms with Gasteiger partial charge in [-0.1, -0.05) is 0 Å². The molecule has 17 heavy (non-hydrogen) atoms. The molecule has 0 aliphatic heterocycles. The molecule has 1 fully saturated rings. The summed E-state index contributed by atoms with van der Waals surface area (Å²) in [6, 6.07) is 3.89. The lowest BCUT2D eigenvalue weighted by Crippen LogP contribution is -2.14. The Bertz CT molecular complexity index is 469. The van der Waals surface area contributed by atoms with E-state index in [4.69, 9.17) is 0 Å². The summed E-state index contributed by atoms with van der Waals surface area (Å²) < 4.78 is 17.9. The molecule has 0 aromatic heterocycles. The number of ether oxygens (including phenoxy) is 1. The van der Waals surface area contributed by atoms with Crippen molar-refractivity contribution in [1.82, 2.24) is 0 Å². The minimum atomic E-state index is -0.734. The summed E-state index contributed by atoms with van der Waals surface area (Å²) in [5, 5.41) is 2.60. The zero-order valence-corrected chi connectivity index (χ0v) is 9.33. The van der Waals surface area contributed by atoms with Gasteiger partial charge in [-0.05, 0) is 31.0 Å². The fourth-order valence-corrected chi connectivity index (χ4v) is 1.46. The fourth-order valence-electron chi connectivity index (χ4n) is 1.46. The number of esters is 1. The molecule has 1 aliphatic rings. The molecule has 1 amide bonds. The third-order valence-corrected chi connectivity index (χ3v) is 2.59. The van der Waals surface area contributed by atoms with Crippen LogP contribution in [-0.4, -0.2) is 19.0 Å². The molecule has 1 aliphatic carbocycles. The van der Waals surface area contributed by atoms with Crippen LogP contribution in [0.25, 0.3) is 0 Å². The predicted octanol–water partition coefficient (Wildman–Crippen LogP) is 1.96. The highest BCUT2D eigenvalue weighted by Crippen LogP contribution is 2.30. The summed E-state index contributed by atoms with van der Waals surface area (Å²) in [6.07, 6.45) is 1.77. The van der Waals surface area contributed by atoms with E-state index >= 15 is 0 Å². The number of rotatable bonds is 3. The van der Waals surface area contributed by atoms with Gasteiger partial charge in [-0.3, -0.25) is 4.79 Å². The summed E-state index contributed by atoms with van der Waals surface area (Å²) in [4.78, 5) is 22.6. The van der Waals surface area contributed by atoms with E-state index in [9.17, 15) is 14.0 Å². The van der Waals surface area contributed by atoms with Crippen molar-refractivity contribution in [2.75, 3.05) is 12.4 Å². The minimum Gasteiger partial charge on any atom is -0.465 e. The monoisotopic (exact) mass is 237 g/mol. The highest BCUT2D eigenvalue weighted by molar-refractivity contribution is 5.95. The number of anilines is 1. The molecule has 2 rings (SSSR count). The molecule has 0 atom stereocenters. The number of hydrogen-bond donors (Lipinski definition) is 1. The highest BCUT2D eigenvalue weighted by Gasteiger charge is 2.29. The molecule has 0 heterocycles. The molecule has 0 saturated heterocycles. The predicted molar refractivity (Wildman–Crippen MR) is 59.1 cm³/mol. The lowest BCUT2D eigenvalue weighted by atomic mass is 10.2. The van der Waals surface area contributed by atoms with E-state index in [1.54, 1.807) is 0 Å². The number of benzene rings is 1. The van der Waals surface area contributed by atoms with Crippen molar-refractivity contribution < 1.29 is 18.7 Å².